The van der Waals surface area contributed by atoms with Gasteiger partial charge in [-0.2, -0.15) is 0 Å². The summed E-state index contributed by atoms with van der Waals surface area (Å²) in [4.78, 5) is 53.5. The monoisotopic (exact) mass is 716 g/mol. The van der Waals surface area contributed by atoms with E-state index in [1.165, 1.54) is 7.11 Å². The van der Waals surface area contributed by atoms with Crippen LogP contribution in [-0.2, 0) is 43.1 Å². The van der Waals surface area contributed by atoms with Gasteiger partial charge in [0.05, 0.1) is 25.3 Å². The van der Waals surface area contributed by atoms with Crippen molar-refractivity contribution < 1.29 is 38.5 Å². The van der Waals surface area contributed by atoms with Crippen LogP contribution in [0.25, 0.3) is 0 Å². The summed E-state index contributed by atoms with van der Waals surface area (Å²) in [6, 6.07) is 20.3. The number of methoxy groups -OCH3 is 1. The molecule has 280 valence electrons. The highest BCUT2D eigenvalue weighted by Gasteiger charge is 2.33. The lowest BCUT2D eigenvalue weighted by Gasteiger charge is -2.30. The van der Waals surface area contributed by atoms with Crippen LogP contribution in [0, 0.1) is 5.92 Å². The number of esters is 1. The van der Waals surface area contributed by atoms with E-state index in [1.54, 1.807) is 45.0 Å². The van der Waals surface area contributed by atoms with Gasteiger partial charge in [0, 0.05) is 13.0 Å². The lowest BCUT2D eigenvalue weighted by Crippen LogP contribution is -2.59. The second-order valence-corrected chi connectivity index (χ2v) is 14.2. The molecule has 12 nitrogen and oxygen atoms in total. The fourth-order valence-corrected chi connectivity index (χ4v) is 5.82. The van der Waals surface area contributed by atoms with Gasteiger partial charge in [0.15, 0.2) is 0 Å². The molecule has 3 aromatic carbocycles. The number of hydrogen-bond acceptors (Lipinski definition) is 9. The Morgan fingerprint density at radius 3 is 2.06 bits per heavy atom. The maximum absolute atomic E-state index is 14.1. The molecule has 0 fully saturated rings. The van der Waals surface area contributed by atoms with Crippen molar-refractivity contribution in [2.75, 3.05) is 13.7 Å². The minimum atomic E-state index is -1.13. The zero-order valence-electron chi connectivity index (χ0n) is 30.8. The van der Waals surface area contributed by atoms with Gasteiger partial charge in [-0.15, -0.1) is 0 Å². The Balaban J connectivity index is 1.63. The smallest absolute Gasteiger partial charge is 0.407 e. The molecule has 0 spiro atoms. The molecule has 0 radical (unpaired) electrons. The maximum atomic E-state index is 14.1. The molecular formula is C40H52N4O8. The molecular weight excluding hydrogens is 664 g/mol. The summed E-state index contributed by atoms with van der Waals surface area (Å²) in [5.41, 5.74) is 1.72. The first kappa shape index (κ1) is 39.8. The van der Waals surface area contributed by atoms with Gasteiger partial charge >= 0.3 is 12.1 Å². The van der Waals surface area contributed by atoms with Crippen LogP contribution in [0.3, 0.4) is 0 Å². The first-order valence-electron chi connectivity index (χ1n) is 17.7. The zero-order valence-corrected chi connectivity index (χ0v) is 30.8. The third-order valence-electron chi connectivity index (χ3n) is 8.91. The quantitative estimate of drug-likeness (QED) is 0.193. The molecule has 6 rings (SSSR count). The molecule has 0 aromatic heterocycles. The van der Waals surface area contributed by atoms with Crippen LogP contribution in [0.4, 0.5) is 4.79 Å². The minimum absolute atomic E-state index is 0.0766. The first-order valence-corrected chi connectivity index (χ1v) is 17.7. The van der Waals surface area contributed by atoms with Crippen molar-refractivity contribution in [3.05, 3.63) is 95.6 Å². The molecule has 6 atom stereocenters. The van der Waals surface area contributed by atoms with Crippen molar-refractivity contribution >= 4 is 23.9 Å². The van der Waals surface area contributed by atoms with Crippen LogP contribution in [-0.4, -0.2) is 78.5 Å². The number of carbonyl (C=O) groups excluding carboxylic acids is 4. The highest BCUT2D eigenvalue weighted by molar-refractivity contribution is 5.92. The molecule has 3 aliphatic heterocycles. The van der Waals surface area contributed by atoms with Gasteiger partial charge in [0.2, 0.25) is 11.8 Å². The molecule has 3 heterocycles. The molecule has 52 heavy (non-hydrogen) atoms. The van der Waals surface area contributed by atoms with Gasteiger partial charge in [0.1, 0.15) is 29.2 Å². The number of fused-ring (bicyclic) bond motifs is 2. The fourth-order valence-electron chi connectivity index (χ4n) is 5.82. The van der Waals surface area contributed by atoms with Crippen LogP contribution in [0.5, 0.6) is 11.5 Å². The molecule has 12 heteroatoms. The number of benzene rings is 3. The number of hydrogen-bond donors (Lipinski definition) is 5. The highest BCUT2D eigenvalue weighted by Crippen LogP contribution is 2.24. The summed E-state index contributed by atoms with van der Waals surface area (Å²) in [6.45, 7) is 8.95. The summed E-state index contributed by atoms with van der Waals surface area (Å²) in [7, 11) is 1.26. The van der Waals surface area contributed by atoms with Crippen molar-refractivity contribution in [1.29, 1.82) is 0 Å². The summed E-state index contributed by atoms with van der Waals surface area (Å²) in [5.74, 6) is -0.717. The Labute approximate surface area is 306 Å². The van der Waals surface area contributed by atoms with Crippen molar-refractivity contribution in [3.63, 3.8) is 0 Å². The average Bonchev–Trinajstić information content (AvgIpc) is 3.11. The SMILES string of the molecule is CC[C@H](C)[C@@H]1NC(=O)[C@@H](NC[C@H](O)[C@H](Cc2ccccc2)NC(=O)OC(C)(C)C)Cc2ccc(cc2)Oc2ccc(cc2)C[C@@H](C(=O)OC)NC1=O. The molecule has 3 aromatic rings. The number of rotatable bonds is 10. The normalized spacial score (nSPS) is 19.9. The summed E-state index contributed by atoms with van der Waals surface area (Å²) in [6.07, 6.45) is -0.564. The van der Waals surface area contributed by atoms with Crippen molar-refractivity contribution in [3.8, 4) is 11.5 Å². The number of aliphatic hydroxyl groups excluding tert-OH is 1. The topological polar surface area (TPSA) is 164 Å². The lowest BCUT2D eigenvalue weighted by molar-refractivity contribution is -0.145. The van der Waals surface area contributed by atoms with E-state index in [4.69, 9.17) is 14.2 Å². The van der Waals surface area contributed by atoms with Crippen molar-refractivity contribution in [2.45, 2.75) is 96.2 Å². The Morgan fingerprint density at radius 1 is 0.904 bits per heavy atom. The Morgan fingerprint density at radius 2 is 1.50 bits per heavy atom. The standard InChI is InChI=1S/C40H52N4O8/c1-7-25(2)35-37(47)42-33(38(48)50-6)23-28-15-19-30(20-16-28)51-29-17-13-27(14-18-29)22-32(36(46)44-35)41-24-34(45)31(21-26-11-9-8-10-12-26)43-39(49)52-40(3,4)5/h8-20,25,31-35,41,45H,7,21-24H2,1-6H3,(H,42,47)(H,43,49)(H,44,46)/t25-,31-,32-,33-,34-,35-/m0/s1. The Kier molecular flexibility index (Phi) is 14.2. The highest BCUT2D eigenvalue weighted by atomic mass is 16.6. The molecule has 0 aliphatic carbocycles. The minimum Gasteiger partial charge on any atom is -0.467 e. The van der Waals surface area contributed by atoms with E-state index in [2.05, 4.69) is 21.3 Å². The predicted octanol–water partition coefficient (Wildman–Crippen LogP) is 4.22. The van der Waals surface area contributed by atoms with Gasteiger partial charge in [-0.1, -0.05) is 74.9 Å². The second-order valence-electron chi connectivity index (χ2n) is 14.2. The van der Waals surface area contributed by atoms with Gasteiger partial charge in [-0.05, 0) is 80.5 Å². The van der Waals surface area contributed by atoms with Crippen LogP contribution < -0.4 is 26.0 Å². The summed E-state index contributed by atoms with van der Waals surface area (Å²) in [5, 5.41) is 23.2. The lowest BCUT2D eigenvalue weighted by atomic mass is 9.96. The number of nitrogens with one attached hydrogen (secondary N) is 4. The van der Waals surface area contributed by atoms with Gasteiger partial charge in [-0.25, -0.2) is 9.59 Å². The molecule has 0 unspecified atom stereocenters. The maximum Gasteiger partial charge on any atom is 0.407 e. The molecule has 4 bridgehead atoms. The second kappa shape index (κ2) is 18.5. The Hall–Kier alpha value is -4.94. The third kappa shape index (κ3) is 12.1. The predicted molar refractivity (Wildman–Crippen MR) is 197 cm³/mol. The fraction of sp³-hybridized carbons (Fsp3) is 0.450. The van der Waals surface area contributed by atoms with E-state index in [1.807, 2.05) is 68.4 Å². The van der Waals surface area contributed by atoms with Gasteiger partial charge in [0.25, 0.3) is 0 Å². The van der Waals surface area contributed by atoms with Crippen LogP contribution >= 0.6 is 0 Å². The summed E-state index contributed by atoms with van der Waals surface area (Å²) >= 11 is 0. The molecule has 0 saturated heterocycles. The largest absolute Gasteiger partial charge is 0.467 e. The summed E-state index contributed by atoms with van der Waals surface area (Å²) < 4.78 is 16.5. The number of ether oxygens (including phenoxy) is 3. The molecule has 5 N–H and O–H groups in total. The Bertz CT molecular complexity index is 1630. The van der Waals surface area contributed by atoms with Crippen LogP contribution in [0.1, 0.15) is 57.7 Å². The van der Waals surface area contributed by atoms with E-state index >= 15 is 0 Å². The van der Waals surface area contributed by atoms with Crippen LogP contribution in [0.15, 0.2) is 78.9 Å². The van der Waals surface area contributed by atoms with E-state index in [-0.39, 0.29) is 25.3 Å². The number of aliphatic hydroxyl groups is 1. The third-order valence-corrected chi connectivity index (χ3v) is 8.91. The van der Waals surface area contributed by atoms with E-state index in [0.717, 1.165) is 16.7 Å². The van der Waals surface area contributed by atoms with Gasteiger partial charge < -0.3 is 40.6 Å². The number of alkyl carbamates (subject to hydrolysis) is 1. The molecule has 0 saturated carbocycles. The van der Waals surface area contributed by atoms with Gasteiger partial charge in [-0.3, -0.25) is 9.59 Å². The van der Waals surface area contributed by atoms with E-state index in [0.29, 0.717) is 24.3 Å². The van der Waals surface area contributed by atoms with Crippen LogP contribution in [0.2, 0.25) is 0 Å². The molecule has 3 aliphatic rings. The molecule has 3 amide bonds. The first-order chi connectivity index (χ1) is 24.7. The number of amides is 3. The van der Waals surface area contributed by atoms with E-state index < -0.39 is 59.7 Å². The average molecular weight is 717 g/mol. The zero-order chi connectivity index (χ0) is 37.8. The van der Waals surface area contributed by atoms with Crippen molar-refractivity contribution in [2.24, 2.45) is 5.92 Å². The van der Waals surface area contributed by atoms with Crippen molar-refractivity contribution in [1.82, 2.24) is 21.3 Å². The number of carbonyl (C=O) groups is 4. The van der Waals surface area contributed by atoms with E-state index in [9.17, 15) is 24.3 Å².